The minimum absolute atomic E-state index is 0.257. The molecule has 3 rings (SSSR count). The minimum atomic E-state index is -0.464. The molecule has 5 nitrogen and oxygen atoms in total. The molecule has 2 heterocycles. The van der Waals surface area contributed by atoms with E-state index in [1.165, 1.54) is 0 Å². The van der Waals surface area contributed by atoms with Crippen molar-refractivity contribution in [1.29, 1.82) is 0 Å². The zero-order valence-corrected chi connectivity index (χ0v) is 13.4. The minimum Gasteiger partial charge on any atom is -0.493 e. The summed E-state index contributed by atoms with van der Waals surface area (Å²) in [5, 5.41) is 2.82. The van der Waals surface area contributed by atoms with Crippen LogP contribution < -0.4 is 10.1 Å². The van der Waals surface area contributed by atoms with E-state index in [-0.39, 0.29) is 5.91 Å². The Labute approximate surface area is 141 Å². The Morgan fingerprint density at radius 1 is 1.12 bits per heavy atom. The lowest BCUT2D eigenvalue weighted by Crippen LogP contribution is -2.36. The molecule has 1 aliphatic heterocycles. The van der Waals surface area contributed by atoms with Crippen molar-refractivity contribution in [3.05, 3.63) is 48.2 Å². The average Bonchev–Trinajstić information content (AvgIpc) is 2.63. The molecule has 124 valence electrons. The van der Waals surface area contributed by atoms with Crippen molar-refractivity contribution in [2.24, 2.45) is 0 Å². The second kappa shape index (κ2) is 7.73. The number of hydrogen-bond donors (Lipinski definition) is 1. The number of benzene rings is 1. The van der Waals surface area contributed by atoms with E-state index in [1.54, 1.807) is 18.3 Å². The highest BCUT2D eigenvalue weighted by atomic mass is 16.5. The Kier molecular flexibility index (Phi) is 5.21. The maximum absolute atomic E-state index is 12.6. The Bertz CT molecular complexity index is 730. The van der Waals surface area contributed by atoms with Gasteiger partial charge in [0.15, 0.2) is 0 Å². The molecule has 1 aromatic carbocycles. The third-order valence-electron chi connectivity index (χ3n) is 4.09. The van der Waals surface area contributed by atoms with Gasteiger partial charge in [0.1, 0.15) is 12.0 Å². The van der Waals surface area contributed by atoms with E-state index in [0.717, 1.165) is 36.9 Å². The standard InChI is InChI=1S/C19H20N2O3/c22-13-14-6-2-1-5-11-24-15-9-10-20-18(12-15)16-7-3-4-8-17(16)19(23)21-14/h3-4,7-10,12-14H,1-2,5-6,11H2,(H,21,23)/t14-/m0/s1. The molecule has 24 heavy (non-hydrogen) atoms. The maximum Gasteiger partial charge on any atom is 0.252 e. The summed E-state index contributed by atoms with van der Waals surface area (Å²) < 4.78 is 5.78. The summed E-state index contributed by atoms with van der Waals surface area (Å²) in [6.45, 7) is 0.628. The first-order valence-electron chi connectivity index (χ1n) is 8.22. The van der Waals surface area contributed by atoms with Gasteiger partial charge in [-0.3, -0.25) is 9.78 Å². The normalized spacial score (nSPS) is 18.5. The Hall–Kier alpha value is -2.69. The molecule has 5 heteroatoms. The Morgan fingerprint density at radius 2 is 1.96 bits per heavy atom. The lowest BCUT2D eigenvalue weighted by Gasteiger charge is -2.16. The van der Waals surface area contributed by atoms with Gasteiger partial charge in [0.2, 0.25) is 0 Å². The molecule has 0 aliphatic carbocycles. The molecule has 1 aliphatic rings. The summed E-state index contributed by atoms with van der Waals surface area (Å²) in [7, 11) is 0. The van der Waals surface area contributed by atoms with E-state index < -0.39 is 6.04 Å². The number of ether oxygens (including phenoxy) is 1. The highest BCUT2D eigenvalue weighted by molar-refractivity contribution is 6.01. The van der Waals surface area contributed by atoms with Crippen molar-refractivity contribution in [2.75, 3.05) is 6.61 Å². The van der Waals surface area contributed by atoms with Crippen LogP contribution in [-0.4, -0.2) is 29.8 Å². The number of carbonyl (C=O) groups excluding carboxylic acids is 2. The van der Waals surface area contributed by atoms with Gasteiger partial charge in [-0.25, -0.2) is 0 Å². The number of aromatic nitrogens is 1. The first kappa shape index (κ1) is 16.2. The van der Waals surface area contributed by atoms with Crippen LogP contribution in [0, 0.1) is 0 Å². The van der Waals surface area contributed by atoms with Gasteiger partial charge in [0, 0.05) is 23.4 Å². The van der Waals surface area contributed by atoms with E-state index in [9.17, 15) is 9.59 Å². The van der Waals surface area contributed by atoms with E-state index in [1.807, 2.05) is 24.3 Å². The number of hydrogen-bond acceptors (Lipinski definition) is 4. The molecular formula is C19H20N2O3. The van der Waals surface area contributed by atoms with Gasteiger partial charge in [0.05, 0.1) is 18.3 Å². The van der Waals surface area contributed by atoms with E-state index >= 15 is 0 Å². The predicted molar refractivity (Wildman–Crippen MR) is 91.0 cm³/mol. The Balaban J connectivity index is 2.00. The largest absolute Gasteiger partial charge is 0.493 e. The second-order valence-corrected chi connectivity index (χ2v) is 5.84. The molecule has 1 aromatic heterocycles. The van der Waals surface area contributed by atoms with Crippen LogP contribution in [0.15, 0.2) is 42.6 Å². The van der Waals surface area contributed by atoms with Gasteiger partial charge < -0.3 is 14.8 Å². The molecule has 0 saturated carbocycles. The molecule has 1 N–H and O–H groups in total. The van der Waals surface area contributed by atoms with Crippen molar-refractivity contribution in [2.45, 2.75) is 31.7 Å². The van der Waals surface area contributed by atoms with Crippen molar-refractivity contribution in [3.63, 3.8) is 0 Å². The lowest BCUT2D eigenvalue weighted by molar-refractivity contribution is -0.109. The monoisotopic (exact) mass is 324 g/mol. The fourth-order valence-corrected chi connectivity index (χ4v) is 2.81. The molecule has 0 fully saturated rings. The summed E-state index contributed by atoms with van der Waals surface area (Å²) in [5.74, 6) is 0.492. The molecule has 2 bridgehead atoms. The van der Waals surface area contributed by atoms with Gasteiger partial charge >= 0.3 is 0 Å². The topological polar surface area (TPSA) is 68.3 Å². The molecule has 0 radical (unpaired) electrons. The fourth-order valence-electron chi connectivity index (χ4n) is 2.81. The summed E-state index contributed by atoms with van der Waals surface area (Å²) in [5.41, 5.74) is 1.91. The number of nitrogens with zero attached hydrogens (tertiary/aromatic N) is 1. The zero-order chi connectivity index (χ0) is 16.8. The molecule has 0 saturated heterocycles. The summed E-state index contributed by atoms with van der Waals surface area (Å²) >= 11 is 0. The van der Waals surface area contributed by atoms with Crippen LogP contribution in [-0.2, 0) is 4.79 Å². The summed E-state index contributed by atoms with van der Waals surface area (Å²) in [6.07, 6.45) is 5.86. The quantitative estimate of drug-likeness (QED) is 0.819. The number of aldehydes is 1. The molecule has 0 unspecified atom stereocenters. The zero-order valence-electron chi connectivity index (χ0n) is 13.4. The Morgan fingerprint density at radius 3 is 2.79 bits per heavy atom. The molecular weight excluding hydrogens is 304 g/mol. The predicted octanol–water partition coefficient (Wildman–Crippen LogP) is 3.00. The second-order valence-electron chi connectivity index (χ2n) is 5.84. The van der Waals surface area contributed by atoms with E-state index in [0.29, 0.717) is 24.3 Å². The van der Waals surface area contributed by atoms with E-state index in [2.05, 4.69) is 10.3 Å². The number of amides is 1. The van der Waals surface area contributed by atoms with Gasteiger partial charge in [0.25, 0.3) is 5.91 Å². The summed E-state index contributed by atoms with van der Waals surface area (Å²) in [4.78, 5) is 28.2. The number of fused-ring (bicyclic) bond motifs is 4. The van der Waals surface area contributed by atoms with Crippen LogP contribution in [0.2, 0.25) is 0 Å². The molecule has 2 aromatic rings. The van der Waals surface area contributed by atoms with Crippen LogP contribution in [0.5, 0.6) is 5.75 Å². The number of nitrogens with one attached hydrogen (secondary N) is 1. The van der Waals surface area contributed by atoms with Crippen molar-refractivity contribution in [1.82, 2.24) is 10.3 Å². The third-order valence-corrected chi connectivity index (χ3v) is 4.09. The number of pyridine rings is 1. The highest BCUT2D eigenvalue weighted by Gasteiger charge is 2.17. The SMILES string of the molecule is O=C[C@@H]1CCCCCOc2ccnc(c2)-c2ccccc2C(=O)N1. The lowest BCUT2D eigenvalue weighted by atomic mass is 10.0. The summed E-state index contributed by atoms with van der Waals surface area (Å²) in [6, 6.07) is 10.5. The molecule has 1 amide bonds. The maximum atomic E-state index is 12.6. The number of rotatable bonds is 1. The van der Waals surface area contributed by atoms with Crippen LogP contribution in [0.1, 0.15) is 36.0 Å². The van der Waals surface area contributed by atoms with Crippen LogP contribution in [0.4, 0.5) is 0 Å². The van der Waals surface area contributed by atoms with Crippen molar-refractivity contribution < 1.29 is 14.3 Å². The van der Waals surface area contributed by atoms with E-state index in [4.69, 9.17) is 4.74 Å². The fraction of sp³-hybridized carbons (Fsp3) is 0.316. The first-order chi connectivity index (χ1) is 11.8. The molecule has 1 atom stereocenters. The van der Waals surface area contributed by atoms with Crippen molar-refractivity contribution in [3.8, 4) is 17.0 Å². The van der Waals surface area contributed by atoms with Gasteiger partial charge in [-0.15, -0.1) is 0 Å². The highest BCUT2D eigenvalue weighted by Crippen LogP contribution is 2.25. The van der Waals surface area contributed by atoms with Gasteiger partial charge in [-0.05, 0) is 31.4 Å². The van der Waals surface area contributed by atoms with Crippen LogP contribution >= 0.6 is 0 Å². The van der Waals surface area contributed by atoms with Crippen LogP contribution in [0.25, 0.3) is 11.3 Å². The smallest absolute Gasteiger partial charge is 0.252 e. The number of carbonyl (C=O) groups is 2. The molecule has 0 spiro atoms. The first-order valence-corrected chi connectivity index (χ1v) is 8.22. The average molecular weight is 324 g/mol. The van der Waals surface area contributed by atoms with Gasteiger partial charge in [-0.2, -0.15) is 0 Å². The van der Waals surface area contributed by atoms with Crippen LogP contribution in [0.3, 0.4) is 0 Å². The third kappa shape index (κ3) is 3.79. The van der Waals surface area contributed by atoms with Crippen molar-refractivity contribution >= 4 is 12.2 Å². The van der Waals surface area contributed by atoms with Gasteiger partial charge in [-0.1, -0.05) is 24.6 Å².